The zero-order valence-electron chi connectivity index (χ0n) is 14.7. The Balaban J connectivity index is 2.34. The first-order valence-electron chi connectivity index (χ1n) is 8.23. The summed E-state index contributed by atoms with van der Waals surface area (Å²) in [6, 6.07) is 8.45. The molecule has 0 radical (unpaired) electrons. The predicted molar refractivity (Wildman–Crippen MR) is 91.7 cm³/mol. The number of hydrogen-bond acceptors (Lipinski definition) is 2. The second-order valence-electron chi connectivity index (χ2n) is 7.42. The van der Waals surface area contributed by atoms with Crippen LogP contribution in [0, 0.1) is 17.3 Å². The van der Waals surface area contributed by atoms with Gasteiger partial charge in [0.2, 0.25) is 0 Å². The number of rotatable bonds is 9. The SMILES string of the molecule is CC(C)CCOc1ccc(CNCC(C)(C)C(C)C)cc1. The summed E-state index contributed by atoms with van der Waals surface area (Å²) in [5, 5.41) is 3.56. The number of nitrogens with one attached hydrogen (secondary N) is 1. The molecule has 0 heterocycles. The lowest BCUT2D eigenvalue weighted by Crippen LogP contribution is -2.33. The second-order valence-corrected chi connectivity index (χ2v) is 7.42. The highest BCUT2D eigenvalue weighted by Gasteiger charge is 2.21. The minimum absolute atomic E-state index is 0.333. The summed E-state index contributed by atoms with van der Waals surface area (Å²) in [5.41, 5.74) is 1.64. The van der Waals surface area contributed by atoms with Crippen molar-refractivity contribution < 1.29 is 4.74 Å². The zero-order chi connectivity index (χ0) is 15.9. The van der Waals surface area contributed by atoms with Crippen LogP contribution in [0.1, 0.15) is 53.5 Å². The molecule has 0 aliphatic heterocycles. The van der Waals surface area contributed by atoms with Crippen LogP contribution < -0.4 is 10.1 Å². The maximum Gasteiger partial charge on any atom is 0.119 e. The fraction of sp³-hybridized carbons (Fsp3) is 0.684. The molecule has 2 nitrogen and oxygen atoms in total. The van der Waals surface area contributed by atoms with Gasteiger partial charge >= 0.3 is 0 Å². The Hall–Kier alpha value is -1.02. The first kappa shape index (κ1) is 18.0. The van der Waals surface area contributed by atoms with E-state index in [2.05, 4.69) is 71.1 Å². The zero-order valence-corrected chi connectivity index (χ0v) is 14.7. The van der Waals surface area contributed by atoms with Crippen molar-refractivity contribution in [1.82, 2.24) is 5.32 Å². The van der Waals surface area contributed by atoms with Gasteiger partial charge in [0.15, 0.2) is 0 Å². The van der Waals surface area contributed by atoms with Crippen LogP contribution in [0.25, 0.3) is 0 Å². The molecule has 0 unspecified atom stereocenters. The van der Waals surface area contributed by atoms with Gasteiger partial charge < -0.3 is 10.1 Å². The quantitative estimate of drug-likeness (QED) is 0.700. The third kappa shape index (κ3) is 6.99. The molecule has 1 rings (SSSR count). The van der Waals surface area contributed by atoms with Crippen molar-refractivity contribution in [2.75, 3.05) is 13.2 Å². The van der Waals surface area contributed by atoms with Gasteiger partial charge in [-0.05, 0) is 41.4 Å². The molecule has 0 aliphatic rings. The van der Waals surface area contributed by atoms with Crippen LogP contribution in [0.15, 0.2) is 24.3 Å². The third-order valence-electron chi connectivity index (χ3n) is 4.36. The molecule has 0 atom stereocenters. The molecule has 120 valence electrons. The average Bonchev–Trinajstić information content (AvgIpc) is 2.40. The Morgan fingerprint density at radius 3 is 2.19 bits per heavy atom. The van der Waals surface area contributed by atoms with E-state index in [-0.39, 0.29) is 0 Å². The minimum atomic E-state index is 0.333. The summed E-state index contributed by atoms with van der Waals surface area (Å²) in [5.74, 6) is 2.35. The predicted octanol–water partition coefficient (Wildman–Crippen LogP) is 4.88. The van der Waals surface area contributed by atoms with Crippen LogP contribution in [-0.2, 0) is 6.54 Å². The van der Waals surface area contributed by atoms with Gasteiger partial charge in [-0.15, -0.1) is 0 Å². The topological polar surface area (TPSA) is 21.3 Å². The van der Waals surface area contributed by atoms with E-state index in [0.717, 1.165) is 31.9 Å². The molecule has 1 aromatic rings. The lowest BCUT2D eigenvalue weighted by molar-refractivity contribution is 0.238. The molecular weight excluding hydrogens is 258 g/mol. The van der Waals surface area contributed by atoms with Crippen molar-refractivity contribution >= 4 is 0 Å². The van der Waals surface area contributed by atoms with E-state index in [1.54, 1.807) is 0 Å². The Morgan fingerprint density at radius 2 is 1.67 bits per heavy atom. The van der Waals surface area contributed by atoms with E-state index in [9.17, 15) is 0 Å². The van der Waals surface area contributed by atoms with Crippen LogP contribution in [0.2, 0.25) is 0 Å². The first-order valence-corrected chi connectivity index (χ1v) is 8.23. The van der Waals surface area contributed by atoms with Crippen LogP contribution >= 0.6 is 0 Å². The van der Waals surface area contributed by atoms with Crippen molar-refractivity contribution in [3.05, 3.63) is 29.8 Å². The standard InChI is InChI=1S/C19H33NO/c1-15(2)11-12-21-18-9-7-17(8-10-18)13-20-14-19(5,6)16(3)4/h7-10,15-16,20H,11-14H2,1-6H3. The van der Waals surface area contributed by atoms with Crippen molar-refractivity contribution in [2.45, 2.75) is 54.5 Å². The Morgan fingerprint density at radius 1 is 1.05 bits per heavy atom. The molecule has 2 heteroatoms. The molecule has 0 spiro atoms. The van der Waals surface area contributed by atoms with Gasteiger partial charge in [-0.3, -0.25) is 0 Å². The van der Waals surface area contributed by atoms with E-state index in [4.69, 9.17) is 4.74 Å². The number of ether oxygens (including phenoxy) is 1. The van der Waals surface area contributed by atoms with Crippen LogP contribution in [0.4, 0.5) is 0 Å². The summed E-state index contributed by atoms with van der Waals surface area (Å²) in [7, 11) is 0. The average molecular weight is 291 g/mol. The van der Waals surface area contributed by atoms with Gasteiger partial charge in [-0.2, -0.15) is 0 Å². The molecule has 0 amide bonds. The lowest BCUT2D eigenvalue weighted by atomic mass is 9.81. The highest BCUT2D eigenvalue weighted by atomic mass is 16.5. The summed E-state index contributed by atoms with van der Waals surface area (Å²) < 4.78 is 5.74. The van der Waals surface area contributed by atoms with E-state index in [1.165, 1.54) is 5.56 Å². The van der Waals surface area contributed by atoms with Crippen LogP contribution in [0.3, 0.4) is 0 Å². The normalized spacial score (nSPS) is 12.2. The summed E-state index contributed by atoms with van der Waals surface area (Å²) in [6.45, 7) is 16.4. The monoisotopic (exact) mass is 291 g/mol. The molecule has 0 saturated carbocycles. The molecule has 21 heavy (non-hydrogen) atoms. The Bertz CT molecular complexity index is 393. The third-order valence-corrected chi connectivity index (χ3v) is 4.36. The molecule has 1 aromatic carbocycles. The lowest BCUT2D eigenvalue weighted by Gasteiger charge is -2.29. The second kappa shape index (κ2) is 8.43. The van der Waals surface area contributed by atoms with Crippen molar-refractivity contribution in [3.8, 4) is 5.75 Å². The smallest absolute Gasteiger partial charge is 0.119 e. The van der Waals surface area contributed by atoms with Gasteiger partial charge in [0.25, 0.3) is 0 Å². The van der Waals surface area contributed by atoms with E-state index in [0.29, 0.717) is 17.3 Å². The fourth-order valence-corrected chi connectivity index (χ4v) is 1.85. The molecule has 1 N–H and O–H groups in total. The summed E-state index contributed by atoms with van der Waals surface area (Å²) in [4.78, 5) is 0. The molecule has 0 saturated heterocycles. The Labute approximate surface area is 131 Å². The molecule has 0 bridgehead atoms. The van der Waals surface area contributed by atoms with Crippen LogP contribution in [-0.4, -0.2) is 13.2 Å². The first-order chi connectivity index (χ1) is 9.81. The maximum absolute atomic E-state index is 5.74. The van der Waals surface area contributed by atoms with Crippen molar-refractivity contribution in [3.63, 3.8) is 0 Å². The van der Waals surface area contributed by atoms with Gasteiger partial charge in [0.05, 0.1) is 6.61 Å². The van der Waals surface area contributed by atoms with Gasteiger partial charge in [0, 0.05) is 13.1 Å². The fourth-order valence-electron chi connectivity index (χ4n) is 1.85. The van der Waals surface area contributed by atoms with Gasteiger partial charge in [-0.25, -0.2) is 0 Å². The number of hydrogen-bond donors (Lipinski definition) is 1. The molecule has 0 aliphatic carbocycles. The van der Waals surface area contributed by atoms with Crippen molar-refractivity contribution in [2.24, 2.45) is 17.3 Å². The summed E-state index contributed by atoms with van der Waals surface area (Å²) >= 11 is 0. The number of benzene rings is 1. The molecule has 0 aromatic heterocycles. The minimum Gasteiger partial charge on any atom is -0.494 e. The van der Waals surface area contributed by atoms with E-state index >= 15 is 0 Å². The largest absolute Gasteiger partial charge is 0.494 e. The molecular formula is C19H33NO. The van der Waals surface area contributed by atoms with Crippen LogP contribution in [0.5, 0.6) is 5.75 Å². The summed E-state index contributed by atoms with van der Waals surface area (Å²) in [6.07, 6.45) is 1.10. The van der Waals surface area contributed by atoms with E-state index < -0.39 is 0 Å². The van der Waals surface area contributed by atoms with Gasteiger partial charge in [-0.1, -0.05) is 53.7 Å². The highest BCUT2D eigenvalue weighted by molar-refractivity contribution is 5.27. The Kier molecular flexibility index (Phi) is 7.24. The van der Waals surface area contributed by atoms with Crippen molar-refractivity contribution in [1.29, 1.82) is 0 Å². The van der Waals surface area contributed by atoms with Gasteiger partial charge in [0.1, 0.15) is 5.75 Å². The van der Waals surface area contributed by atoms with E-state index in [1.807, 2.05) is 0 Å². The highest BCUT2D eigenvalue weighted by Crippen LogP contribution is 2.24. The maximum atomic E-state index is 5.74. The molecule has 0 fully saturated rings.